The van der Waals surface area contributed by atoms with Crippen LogP contribution < -0.4 is 5.32 Å². The molecule has 1 amide bonds. The number of aryl methyl sites for hydroxylation is 1. The lowest BCUT2D eigenvalue weighted by molar-refractivity contribution is -0.113. The number of para-hydroxylation sites is 1. The van der Waals surface area contributed by atoms with Gasteiger partial charge in [0.05, 0.1) is 16.3 Å². The third kappa shape index (κ3) is 4.81. The predicted octanol–water partition coefficient (Wildman–Crippen LogP) is 1.95. The number of aromatic nitrogens is 4. The van der Waals surface area contributed by atoms with E-state index in [2.05, 4.69) is 20.8 Å². The molecule has 0 aliphatic carbocycles. The second-order valence-electron chi connectivity index (χ2n) is 6.31. The number of nitrogens with zero attached hydrogens (tertiary/aromatic N) is 5. The molecule has 1 N–H and O–H groups in total. The van der Waals surface area contributed by atoms with Crippen molar-refractivity contribution in [2.75, 3.05) is 25.2 Å². The molecule has 0 saturated heterocycles. The molecule has 0 bridgehead atoms. The number of hydrogen-bond acceptors (Lipinski definition) is 7. The lowest BCUT2D eigenvalue weighted by Crippen LogP contribution is -2.22. The third-order valence-electron chi connectivity index (χ3n) is 4.01. The number of carbonyl (C=O) groups excluding carboxylic acids is 1. The highest BCUT2D eigenvalue weighted by molar-refractivity contribution is 7.99. The first-order valence-electron chi connectivity index (χ1n) is 8.58. The molecule has 3 aromatic rings. The summed E-state index contributed by atoms with van der Waals surface area (Å²) in [5.41, 5.74) is 2.24. The van der Waals surface area contributed by atoms with Crippen molar-refractivity contribution in [1.29, 1.82) is 0 Å². The summed E-state index contributed by atoms with van der Waals surface area (Å²) in [6.07, 6.45) is 0. The van der Waals surface area contributed by atoms with Gasteiger partial charge in [-0.05, 0) is 47.2 Å². The van der Waals surface area contributed by atoms with Gasteiger partial charge >= 0.3 is 0 Å². The normalized spacial score (nSPS) is 11.6. The minimum Gasteiger partial charge on any atom is -0.325 e. The largest absolute Gasteiger partial charge is 0.325 e. The van der Waals surface area contributed by atoms with E-state index in [1.165, 1.54) is 38.0 Å². The zero-order chi connectivity index (χ0) is 21.0. The molecule has 29 heavy (non-hydrogen) atoms. The number of amides is 1. The number of anilines is 1. The zero-order valence-electron chi connectivity index (χ0n) is 16.1. The highest BCUT2D eigenvalue weighted by atomic mass is 32.2. The monoisotopic (exact) mass is 432 g/mol. The molecule has 1 aromatic heterocycles. The average molecular weight is 433 g/mol. The minimum atomic E-state index is -3.58. The molecule has 0 aliphatic heterocycles. The maximum atomic E-state index is 12.3. The van der Waals surface area contributed by atoms with Crippen molar-refractivity contribution in [2.24, 2.45) is 0 Å². The fourth-order valence-electron chi connectivity index (χ4n) is 2.49. The number of benzene rings is 2. The highest BCUT2D eigenvalue weighted by Gasteiger charge is 2.18. The Hall–Kier alpha value is -2.76. The van der Waals surface area contributed by atoms with Gasteiger partial charge in [0.15, 0.2) is 0 Å². The van der Waals surface area contributed by atoms with Crippen molar-refractivity contribution in [3.63, 3.8) is 0 Å². The van der Waals surface area contributed by atoms with E-state index < -0.39 is 10.0 Å². The quantitative estimate of drug-likeness (QED) is 0.568. The van der Waals surface area contributed by atoms with Crippen LogP contribution in [0, 0.1) is 6.92 Å². The summed E-state index contributed by atoms with van der Waals surface area (Å²) >= 11 is 1.19. The van der Waals surface area contributed by atoms with Gasteiger partial charge in [-0.2, -0.15) is 4.68 Å². The van der Waals surface area contributed by atoms with Crippen LogP contribution in [0.4, 0.5) is 5.69 Å². The van der Waals surface area contributed by atoms with E-state index in [4.69, 9.17) is 0 Å². The number of rotatable bonds is 7. The maximum absolute atomic E-state index is 12.3. The van der Waals surface area contributed by atoms with E-state index >= 15 is 0 Å². The Morgan fingerprint density at radius 2 is 1.93 bits per heavy atom. The lowest BCUT2D eigenvalue weighted by Gasteiger charge is -2.12. The molecule has 0 atom stereocenters. The summed E-state index contributed by atoms with van der Waals surface area (Å²) in [5, 5.41) is 14.9. The van der Waals surface area contributed by atoms with Crippen LogP contribution in [0.2, 0.25) is 0 Å². The van der Waals surface area contributed by atoms with Crippen LogP contribution >= 0.6 is 11.8 Å². The molecular weight excluding hydrogens is 412 g/mol. The molecule has 0 spiro atoms. The molecule has 2 aromatic carbocycles. The summed E-state index contributed by atoms with van der Waals surface area (Å²) < 4.78 is 27.2. The van der Waals surface area contributed by atoms with Crippen LogP contribution in [0.3, 0.4) is 0 Å². The van der Waals surface area contributed by atoms with Gasteiger partial charge in [0.25, 0.3) is 0 Å². The van der Waals surface area contributed by atoms with Crippen molar-refractivity contribution in [2.45, 2.75) is 17.0 Å². The Balaban J connectivity index is 1.68. The van der Waals surface area contributed by atoms with E-state index in [-0.39, 0.29) is 16.6 Å². The topological polar surface area (TPSA) is 110 Å². The number of carbonyl (C=O) groups is 1. The molecule has 9 nitrogen and oxygen atoms in total. The lowest BCUT2D eigenvalue weighted by atomic mass is 10.2. The zero-order valence-corrected chi connectivity index (χ0v) is 17.7. The maximum Gasteiger partial charge on any atom is 0.242 e. The van der Waals surface area contributed by atoms with Crippen LogP contribution in [-0.4, -0.2) is 58.7 Å². The fraction of sp³-hybridized carbons (Fsp3) is 0.222. The smallest absolute Gasteiger partial charge is 0.242 e. The Labute approximate surface area is 173 Å². The number of hydrogen-bond donors (Lipinski definition) is 1. The fourth-order valence-corrected chi connectivity index (χ4v) is 4.13. The third-order valence-corrected chi connectivity index (χ3v) is 6.74. The van der Waals surface area contributed by atoms with Gasteiger partial charge in [0.1, 0.15) is 0 Å². The SMILES string of the molecule is Cc1ccccc1-n1nnnc1SCC(=O)Nc1cccc(S(=O)(=O)N(C)C)c1. The number of sulfonamides is 1. The highest BCUT2D eigenvalue weighted by Crippen LogP contribution is 2.21. The molecular formula is C18H20N6O3S2. The van der Waals surface area contributed by atoms with Crippen LogP contribution in [0.5, 0.6) is 0 Å². The van der Waals surface area contributed by atoms with E-state index in [1.54, 1.807) is 16.8 Å². The summed E-state index contributed by atoms with van der Waals surface area (Å²) in [7, 11) is -0.668. The Morgan fingerprint density at radius 3 is 2.66 bits per heavy atom. The molecule has 1 heterocycles. The van der Waals surface area contributed by atoms with Gasteiger partial charge in [-0.25, -0.2) is 12.7 Å². The second-order valence-corrected chi connectivity index (χ2v) is 9.41. The predicted molar refractivity (Wildman–Crippen MR) is 111 cm³/mol. The van der Waals surface area contributed by atoms with Crippen molar-refractivity contribution in [3.8, 4) is 5.69 Å². The Bertz CT molecular complexity index is 1130. The van der Waals surface area contributed by atoms with E-state index in [0.29, 0.717) is 10.8 Å². The molecule has 0 unspecified atom stereocenters. The second kappa shape index (κ2) is 8.72. The van der Waals surface area contributed by atoms with E-state index in [0.717, 1.165) is 15.6 Å². The van der Waals surface area contributed by atoms with Crippen LogP contribution in [0.15, 0.2) is 58.6 Å². The van der Waals surface area contributed by atoms with Crippen molar-refractivity contribution in [3.05, 3.63) is 54.1 Å². The van der Waals surface area contributed by atoms with Crippen LogP contribution in [0.1, 0.15) is 5.56 Å². The van der Waals surface area contributed by atoms with E-state index in [9.17, 15) is 13.2 Å². The molecule has 11 heteroatoms. The minimum absolute atomic E-state index is 0.0664. The van der Waals surface area contributed by atoms with Gasteiger partial charge in [-0.1, -0.05) is 36.0 Å². The molecule has 0 radical (unpaired) electrons. The Morgan fingerprint density at radius 1 is 1.17 bits per heavy atom. The van der Waals surface area contributed by atoms with Crippen molar-refractivity contribution < 1.29 is 13.2 Å². The molecule has 0 fully saturated rings. The summed E-state index contributed by atoms with van der Waals surface area (Å²) in [5.74, 6) is -0.231. The number of nitrogens with one attached hydrogen (secondary N) is 1. The first-order chi connectivity index (χ1) is 13.8. The van der Waals surface area contributed by atoms with Gasteiger partial charge in [0, 0.05) is 19.8 Å². The summed E-state index contributed by atoms with van der Waals surface area (Å²) in [6, 6.07) is 13.8. The van der Waals surface area contributed by atoms with E-state index in [1.807, 2.05) is 31.2 Å². The van der Waals surface area contributed by atoms with Gasteiger partial charge < -0.3 is 5.32 Å². The number of tetrazole rings is 1. The van der Waals surface area contributed by atoms with Gasteiger partial charge in [-0.15, -0.1) is 5.10 Å². The average Bonchev–Trinajstić information content (AvgIpc) is 3.15. The Kier molecular flexibility index (Phi) is 6.30. The van der Waals surface area contributed by atoms with Crippen LogP contribution in [-0.2, 0) is 14.8 Å². The molecule has 0 saturated carbocycles. The van der Waals surface area contributed by atoms with Crippen molar-refractivity contribution in [1.82, 2.24) is 24.5 Å². The molecule has 0 aliphatic rings. The summed E-state index contributed by atoms with van der Waals surface area (Å²) in [6.45, 7) is 1.95. The number of thioether (sulfide) groups is 1. The first-order valence-corrected chi connectivity index (χ1v) is 11.0. The van der Waals surface area contributed by atoms with Gasteiger partial charge in [0.2, 0.25) is 21.1 Å². The van der Waals surface area contributed by atoms with Crippen LogP contribution in [0.25, 0.3) is 5.69 Å². The molecule has 3 rings (SSSR count). The standard InChI is InChI=1S/C18H20N6O3S2/c1-13-7-4-5-10-16(13)24-18(20-21-22-24)28-12-17(25)19-14-8-6-9-15(11-14)29(26,27)23(2)3/h4-11H,12H2,1-3H3,(H,19,25). The summed E-state index contributed by atoms with van der Waals surface area (Å²) in [4.78, 5) is 12.5. The molecule has 152 valence electrons. The first kappa shape index (κ1) is 21.0. The van der Waals surface area contributed by atoms with Gasteiger partial charge in [-0.3, -0.25) is 4.79 Å². The van der Waals surface area contributed by atoms with Crippen molar-refractivity contribution >= 4 is 33.4 Å².